The predicted molar refractivity (Wildman–Crippen MR) is 82.5 cm³/mol. The minimum Gasteiger partial charge on any atom is -0.394 e. The van der Waals surface area contributed by atoms with Gasteiger partial charge in [0.25, 0.3) is 5.69 Å². The summed E-state index contributed by atoms with van der Waals surface area (Å²) in [6.45, 7) is 0.312. The van der Waals surface area contributed by atoms with Crippen LogP contribution in [0.5, 0.6) is 0 Å². The number of nitrogens with one attached hydrogen (secondary N) is 2. The largest absolute Gasteiger partial charge is 0.394 e. The minimum atomic E-state index is -1.25. The van der Waals surface area contributed by atoms with Gasteiger partial charge in [-0.05, 0) is 6.07 Å². The van der Waals surface area contributed by atoms with Gasteiger partial charge >= 0.3 is 0 Å². The number of nitro benzene ring substituents is 1. The Bertz CT molecular complexity index is 767. The van der Waals surface area contributed by atoms with Crippen LogP contribution in [0.25, 0.3) is 0 Å². The second kappa shape index (κ2) is 5.71. The van der Waals surface area contributed by atoms with Crippen LogP contribution < -0.4 is 20.9 Å². The number of aliphatic hydroxyl groups excluding tert-OH is 2. The zero-order valence-corrected chi connectivity index (χ0v) is 12.0. The molecule has 9 heteroatoms. The summed E-state index contributed by atoms with van der Waals surface area (Å²) in [7, 11) is 0. The van der Waals surface area contributed by atoms with Crippen LogP contribution in [-0.2, 0) is 6.54 Å². The fourth-order valence-corrected chi connectivity index (χ4v) is 2.50. The molecule has 2 aromatic rings. The lowest BCUT2D eigenvalue weighted by Crippen LogP contribution is -2.43. The first-order valence-electron chi connectivity index (χ1n) is 6.89. The molecule has 0 fully saturated rings. The maximum absolute atomic E-state index is 11.1. The predicted octanol–water partition coefficient (Wildman–Crippen LogP) is -0.0130. The Labute approximate surface area is 131 Å². The van der Waals surface area contributed by atoms with Crippen molar-refractivity contribution in [2.45, 2.75) is 19.0 Å². The van der Waals surface area contributed by atoms with Crippen LogP contribution >= 0.6 is 0 Å². The highest BCUT2D eigenvalue weighted by molar-refractivity contribution is 5.77. The number of anilines is 3. The zero-order valence-electron chi connectivity index (χ0n) is 12.0. The zero-order chi connectivity index (χ0) is 16.6. The Balaban J connectivity index is 2.05. The van der Waals surface area contributed by atoms with E-state index in [0.29, 0.717) is 29.2 Å². The Morgan fingerprint density at radius 1 is 1.30 bits per heavy atom. The van der Waals surface area contributed by atoms with Crippen molar-refractivity contribution < 1.29 is 19.7 Å². The second-order valence-electron chi connectivity index (χ2n) is 5.27. The average Bonchev–Trinajstić information content (AvgIpc) is 2.49. The van der Waals surface area contributed by atoms with Gasteiger partial charge in [0.15, 0.2) is 31.4 Å². The van der Waals surface area contributed by atoms with E-state index in [0.717, 1.165) is 0 Å². The summed E-state index contributed by atoms with van der Waals surface area (Å²) in [5, 5.41) is 35.9. The van der Waals surface area contributed by atoms with Crippen molar-refractivity contribution in [3.8, 4) is 0 Å². The minimum absolute atomic E-state index is 0.110. The van der Waals surface area contributed by atoms with E-state index in [-0.39, 0.29) is 5.69 Å². The van der Waals surface area contributed by atoms with Gasteiger partial charge in [-0.1, -0.05) is 0 Å². The summed E-state index contributed by atoms with van der Waals surface area (Å²) < 4.78 is 1.77. The molecule has 0 amide bonds. The number of non-ortho nitro benzene ring substituents is 1. The Morgan fingerprint density at radius 2 is 2.04 bits per heavy atom. The molecule has 9 nitrogen and oxygen atoms in total. The molecule has 3 rings (SSSR count). The standard InChI is InChI=1S/C14H16N5O4/c15-9-2-1-3-18(7-9)6-8-4-10(19(22)23)5-11-12(8)17-14(21)13(20)16-11/h1-5,7,13-14,16-17,20-21H,6,15H2/q+1. The molecule has 0 radical (unpaired) electrons. The third kappa shape index (κ3) is 3.00. The normalized spacial score (nSPS) is 19.4. The maximum atomic E-state index is 11.1. The van der Waals surface area contributed by atoms with E-state index in [1.807, 2.05) is 0 Å². The molecule has 1 aromatic carbocycles. The molecule has 2 atom stereocenters. The van der Waals surface area contributed by atoms with Crippen molar-refractivity contribution in [1.29, 1.82) is 0 Å². The summed E-state index contributed by atoms with van der Waals surface area (Å²) in [6.07, 6.45) is 1.02. The Morgan fingerprint density at radius 3 is 2.74 bits per heavy atom. The van der Waals surface area contributed by atoms with E-state index >= 15 is 0 Å². The average molecular weight is 318 g/mol. The Kier molecular flexibility index (Phi) is 3.72. The van der Waals surface area contributed by atoms with Crippen molar-refractivity contribution in [2.24, 2.45) is 0 Å². The first-order chi connectivity index (χ1) is 10.9. The van der Waals surface area contributed by atoms with Gasteiger partial charge in [-0.2, -0.15) is 4.57 Å². The number of nitro groups is 1. The van der Waals surface area contributed by atoms with Crippen molar-refractivity contribution in [3.63, 3.8) is 0 Å². The van der Waals surface area contributed by atoms with E-state index in [1.54, 1.807) is 29.1 Å². The molecule has 1 aromatic heterocycles. The summed E-state index contributed by atoms with van der Waals surface area (Å²) >= 11 is 0. The van der Waals surface area contributed by atoms with E-state index < -0.39 is 17.4 Å². The van der Waals surface area contributed by atoms with Crippen LogP contribution in [0.3, 0.4) is 0 Å². The number of aromatic nitrogens is 1. The van der Waals surface area contributed by atoms with Crippen molar-refractivity contribution in [3.05, 3.63) is 52.3 Å². The number of nitrogen functional groups attached to an aromatic ring is 1. The number of benzene rings is 1. The first-order valence-corrected chi connectivity index (χ1v) is 6.89. The van der Waals surface area contributed by atoms with Crippen molar-refractivity contribution in [1.82, 2.24) is 0 Å². The van der Waals surface area contributed by atoms with Gasteiger partial charge in [-0.15, -0.1) is 0 Å². The summed E-state index contributed by atoms with van der Waals surface area (Å²) in [6, 6.07) is 6.24. The van der Waals surface area contributed by atoms with Crippen LogP contribution in [0.1, 0.15) is 5.56 Å². The van der Waals surface area contributed by atoms with Gasteiger partial charge in [-0.25, -0.2) is 0 Å². The van der Waals surface area contributed by atoms with Gasteiger partial charge in [0.2, 0.25) is 0 Å². The van der Waals surface area contributed by atoms with Crippen LogP contribution in [0.4, 0.5) is 22.7 Å². The molecule has 6 N–H and O–H groups in total. The first kappa shape index (κ1) is 15.0. The molecule has 2 unspecified atom stereocenters. The maximum Gasteiger partial charge on any atom is 0.272 e. The van der Waals surface area contributed by atoms with Crippen molar-refractivity contribution in [2.75, 3.05) is 16.4 Å². The lowest BCUT2D eigenvalue weighted by atomic mass is 10.1. The topological polar surface area (TPSA) is 138 Å². The van der Waals surface area contributed by atoms with E-state index in [4.69, 9.17) is 5.73 Å². The number of fused-ring (bicyclic) bond motifs is 1. The van der Waals surface area contributed by atoms with E-state index in [1.165, 1.54) is 12.1 Å². The number of aliphatic hydroxyl groups is 2. The molecule has 0 aliphatic carbocycles. The van der Waals surface area contributed by atoms with Crippen molar-refractivity contribution >= 4 is 22.7 Å². The van der Waals surface area contributed by atoms with E-state index in [9.17, 15) is 20.3 Å². The quantitative estimate of drug-likeness (QED) is 0.305. The molecule has 0 saturated heterocycles. The molecular weight excluding hydrogens is 302 g/mol. The highest BCUT2D eigenvalue weighted by atomic mass is 16.6. The summed E-state index contributed by atoms with van der Waals surface area (Å²) in [5.41, 5.74) is 7.64. The number of nitrogens with zero attached hydrogens (tertiary/aromatic N) is 2. The van der Waals surface area contributed by atoms with Crippen LogP contribution in [0.2, 0.25) is 0 Å². The summed E-state index contributed by atoms with van der Waals surface area (Å²) in [4.78, 5) is 10.6. The SMILES string of the molecule is Nc1ccc[n+](Cc2cc([N+](=O)[O-])cc3c2NC(O)C(O)N3)c1. The van der Waals surface area contributed by atoms with Gasteiger partial charge in [0.1, 0.15) is 0 Å². The molecule has 23 heavy (non-hydrogen) atoms. The fourth-order valence-electron chi connectivity index (χ4n) is 2.50. The van der Waals surface area contributed by atoms with Crippen LogP contribution in [0.15, 0.2) is 36.7 Å². The smallest absolute Gasteiger partial charge is 0.272 e. The number of hydrogen-bond acceptors (Lipinski definition) is 7. The molecule has 0 bridgehead atoms. The number of hydrogen-bond donors (Lipinski definition) is 5. The lowest BCUT2D eigenvalue weighted by molar-refractivity contribution is -0.687. The van der Waals surface area contributed by atoms with Gasteiger partial charge in [-0.3, -0.25) is 10.1 Å². The number of rotatable bonds is 3. The highest BCUT2D eigenvalue weighted by Gasteiger charge is 2.29. The monoisotopic (exact) mass is 318 g/mol. The molecule has 0 spiro atoms. The van der Waals surface area contributed by atoms with Gasteiger partial charge in [0, 0.05) is 23.8 Å². The lowest BCUT2D eigenvalue weighted by Gasteiger charge is -2.30. The van der Waals surface area contributed by atoms with Crippen LogP contribution in [-0.4, -0.2) is 27.6 Å². The Hall–Kier alpha value is -2.91. The molecule has 1 aliphatic heterocycles. The third-order valence-corrected chi connectivity index (χ3v) is 3.54. The fraction of sp³-hybridized carbons (Fsp3) is 0.214. The number of pyridine rings is 1. The molecular formula is C14H16N5O4+. The molecule has 2 heterocycles. The van der Waals surface area contributed by atoms with Gasteiger partial charge in [0.05, 0.1) is 22.0 Å². The van der Waals surface area contributed by atoms with E-state index in [2.05, 4.69) is 10.6 Å². The highest BCUT2D eigenvalue weighted by Crippen LogP contribution is 2.35. The summed E-state index contributed by atoms with van der Waals surface area (Å²) in [5.74, 6) is 0. The second-order valence-corrected chi connectivity index (χ2v) is 5.27. The molecule has 1 aliphatic rings. The molecule has 0 saturated carbocycles. The van der Waals surface area contributed by atoms with Gasteiger partial charge < -0.3 is 26.6 Å². The van der Waals surface area contributed by atoms with Crippen LogP contribution in [0, 0.1) is 10.1 Å². The number of nitrogens with two attached hydrogens (primary N) is 1. The third-order valence-electron chi connectivity index (χ3n) is 3.54. The molecule has 120 valence electrons.